The van der Waals surface area contributed by atoms with E-state index in [1.165, 1.54) is 16.7 Å². The maximum Gasteiger partial charge on any atom is 0.329 e. The molecule has 142 valence electrons. The summed E-state index contributed by atoms with van der Waals surface area (Å²) >= 11 is 0. The van der Waals surface area contributed by atoms with Gasteiger partial charge in [-0.05, 0) is 30.2 Å². The fraction of sp³-hybridized carbons (Fsp3) is 0.278. The van der Waals surface area contributed by atoms with Crippen molar-refractivity contribution in [1.82, 2.24) is 19.5 Å². The van der Waals surface area contributed by atoms with Gasteiger partial charge in [-0.2, -0.15) is 0 Å². The van der Waals surface area contributed by atoms with Crippen LogP contribution in [0.15, 0.2) is 46.2 Å². The zero-order valence-electron chi connectivity index (χ0n) is 14.9. The number of fused-ring (bicyclic) bond motifs is 1. The number of benzene rings is 1. The van der Waals surface area contributed by atoms with Gasteiger partial charge < -0.3 is 0 Å². The summed E-state index contributed by atoms with van der Waals surface area (Å²) in [5, 5.41) is 5.10. The zero-order chi connectivity index (χ0) is 19.4. The van der Waals surface area contributed by atoms with Crippen molar-refractivity contribution in [3.05, 3.63) is 58.3 Å². The summed E-state index contributed by atoms with van der Waals surface area (Å²) in [6.45, 7) is 2.37. The van der Waals surface area contributed by atoms with Crippen LogP contribution in [0.5, 0.6) is 0 Å². The van der Waals surface area contributed by atoms with E-state index in [2.05, 4.69) is 21.9 Å². The van der Waals surface area contributed by atoms with E-state index >= 15 is 0 Å². The van der Waals surface area contributed by atoms with E-state index in [-0.39, 0.29) is 17.1 Å². The molecule has 0 radical (unpaired) electrons. The highest BCUT2D eigenvalue weighted by Crippen LogP contribution is 2.13. The standard InChI is InChI=1S/C18H21N5O3S/c1-2-3-4-5-6-14-11-20-16-17(21-14)23(18(24)22-16)12-13-7-9-15(10-8-13)27(19,25)26/h5-11H,2-4,12H2,1H3,(H2,19,25,26)(H,20,22,24)/b6-5+. The first-order valence-corrected chi connectivity index (χ1v) is 10.2. The zero-order valence-corrected chi connectivity index (χ0v) is 15.7. The summed E-state index contributed by atoms with van der Waals surface area (Å²) < 4.78 is 24.2. The highest BCUT2D eigenvalue weighted by atomic mass is 32.2. The summed E-state index contributed by atoms with van der Waals surface area (Å²) in [5.74, 6) is 0. The summed E-state index contributed by atoms with van der Waals surface area (Å²) in [4.78, 5) is 23.8. The molecule has 1 aromatic carbocycles. The lowest BCUT2D eigenvalue weighted by Crippen LogP contribution is -2.18. The largest absolute Gasteiger partial charge is 0.329 e. The molecule has 0 spiro atoms. The van der Waals surface area contributed by atoms with Gasteiger partial charge in [-0.3, -0.25) is 9.55 Å². The number of H-pyrrole nitrogens is 1. The summed E-state index contributed by atoms with van der Waals surface area (Å²) in [6.07, 6.45) is 8.75. The number of aromatic nitrogens is 4. The first kappa shape index (κ1) is 19.0. The van der Waals surface area contributed by atoms with Crippen LogP contribution in [0.2, 0.25) is 0 Å². The van der Waals surface area contributed by atoms with E-state index in [9.17, 15) is 13.2 Å². The lowest BCUT2D eigenvalue weighted by atomic mass is 10.2. The van der Waals surface area contributed by atoms with Crippen LogP contribution in [-0.2, 0) is 16.6 Å². The fourth-order valence-electron chi connectivity index (χ4n) is 2.65. The number of aromatic amines is 1. The molecule has 8 nitrogen and oxygen atoms in total. The van der Waals surface area contributed by atoms with Crippen LogP contribution < -0.4 is 10.8 Å². The summed E-state index contributed by atoms with van der Waals surface area (Å²) in [5.41, 5.74) is 1.96. The second-order valence-electron chi connectivity index (χ2n) is 6.22. The van der Waals surface area contributed by atoms with Crippen molar-refractivity contribution in [1.29, 1.82) is 0 Å². The lowest BCUT2D eigenvalue weighted by Gasteiger charge is -2.05. The van der Waals surface area contributed by atoms with Crippen molar-refractivity contribution >= 4 is 27.4 Å². The SMILES string of the molecule is CCCC/C=C/c1cnc2[nH]c(=O)n(Cc3ccc(S(N)(=O)=O)cc3)c2n1. The number of unbranched alkanes of at least 4 members (excludes halogenated alkanes) is 2. The van der Waals surface area contributed by atoms with Gasteiger partial charge in [0.2, 0.25) is 10.0 Å². The Balaban J connectivity index is 1.90. The molecule has 0 amide bonds. The minimum absolute atomic E-state index is 0.0248. The normalized spacial score (nSPS) is 12.2. The molecule has 0 saturated heterocycles. The molecule has 0 saturated carbocycles. The molecule has 0 aliphatic carbocycles. The van der Waals surface area contributed by atoms with Gasteiger partial charge in [-0.15, -0.1) is 0 Å². The van der Waals surface area contributed by atoms with Crippen molar-refractivity contribution in [2.45, 2.75) is 37.6 Å². The number of imidazole rings is 1. The van der Waals surface area contributed by atoms with Gasteiger partial charge >= 0.3 is 5.69 Å². The molecule has 0 unspecified atom stereocenters. The first-order valence-electron chi connectivity index (χ1n) is 8.62. The second kappa shape index (κ2) is 7.85. The van der Waals surface area contributed by atoms with Crippen LogP contribution >= 0.6 is 0 Å². The fourth-order valence-corrected chi connectivity index (χ4v) is 3.17. The van der Waals surface area contributed by atoms with Gasteiger partial charge in [0, 0.05) is 0 Å². The van der Waals surface area contributed by atoms with Gasteiger partial charge in [0.15, 0.2) is 11.3 Å². The maximum absolute atomic E-state index is 12.3. The van der Waals surface area contributed by atoms with E-state index in [4.69, 9.17) is 5.14 Å². The molecule has 27 heavy (non-hydrogen) atoms. The van der Waals surface area contributed by atoms with E-state index in [0.717, 1.165) is 24.8 Å². The number of hydrogen-bond acceptors (Lipinski definition) is 5. The first-order chi connectivity index (χ1) is 12.9. The van der Waals surface area contributed by atoms with Crippen molar-refractivity contribution in [2.75, 3.05) is 0 Å². The van der Waals surface area contributed by atoms with E-state index < -0.39 is 10.0 Å². The Hall–Kier alpha value is -2.78. The smallest absolute Gasteiger partial charge is 0.289 e. The highest BCUT2D eigenvalue weighted by Gasteiger charge is 2.12. The Bertz CT molecular complexity index is 1130. The topological polar surface area (TPSA) is 124 Å². The number of rotatable bonds is 7. The Morgan fingerprint density at radius 2 is 2.00 bits per heavy atom. The van der Waals surface area contributed by atoms with Gasteiger partial charge in [-0.25, -0.2) is 28.3 Å². The van der Waals surface area contributed by atoms with Gasteiger partial charge in [0.05, 0.1) is 23.3 Å². The summed E-state index contributed by atoms with van der Waals surface area (Å²) in [6, 6.07) is 6.07. The van der Waals surface area contributed by atoms with Crippen LogP contribution in [-0.4, -0.2) is 27.9 Å². The minimum atomic E-state index is -3.75. The lowest BCUT2D eigenvalue weighted by molar-refractivity contribution is 0.597. The van der Waals surface area contributed by atoms with Crippen LogP contribution in [0.4, 0.5) is 0 Å². The third-order valence-electron chi connectivity index (χ3n) is 4.10. The van der Waals surface area contributed by atoms with E-state index in [1.54, 1.807) is 18.3 Å². The Labute approximate surface area is 156 Å². The average molecular weight is 387 g/mol. The maximum atomic E-state index is 12.3. The molecule has 2 heterocycles. The number of sulfonamides is 1. The number of allylic oxidation sites excluding steroid dienone is 1. The van der Waals surface area contributed by atoms with Crippen LogP contribution in [0.3, 0.4) is 0 Å². The predicted molar refractivity (Wildman–Crippen MR) is 104 cm³/mol. The van der Waals surface area contributed by atoms with Crippen LogP contribution in [0, 0.1) is 0 Å². The summed E-state index contributed by atoms with van der Waals surface area (Å²) in [7, 11) is -3.75. The number of nitrogens with one attached hydrogen (secondary N) is 1. The van der Waals surface area contributed by atoms with Crippen molar-refractivity contribution in [3.63, 3.8) is 0 Å². The van der Waals surface area contributed by atoms with Gasteiger partial charge in [0.25, 0.3) is 0 Å². The molecular formula is C18H21N5O3S. The monoisotopic (exact) mass is 387 g/mol. The van der Waals surface area contributed by atoms with E-state index in [0.29, 0.717) is 17.0 Å². The Morgan fingerprint density at radius 3 is 2.67 bits per heavy atom. The number of nitrogens with two attached hydrogens (primary N) is 1. The Morgan fingerprint density at radius 1 is 1.26 bits per heavy atom. The van der Waals surface area contributed by atoms with Gasteiger partial charge in [-0.1, -0.05) is 38.0 Å². The number of hydrogen-bond donors (Lipinski definition) is 2. The van der Waals surface area contributed by atoms with Crippen LogP contribution in [0.1, 0.15) is 37.4 Å². The molecule has 3 N–H and O–H groups in total. The molecule has 0 bridgehead atoms. The molecule has 3 aromatic rings. The number of nitrogens with zero attached hydrogens (tertiary/aromatic N) is 3. The minimum Gasteiger partial charge on any atom is -0.289 e. The van der Waals surface area contributed by atoms with Crippen molar-refractivity contribution < 1.29 is 8.42 Å². The molecule has 3 rings (SSSR count). The molecule has 0 aliphatic rings. The molecular weight excluding hydrogens is 366 g/mol. The highest BCUT2D eigenvalue weighted by molar-refractivity contribution is 7.89. The average Bonchev–Trinajstić information content (AvgIpc) is 2.94. The second-order valence-corrected chi connectivity index (χ2v) is 7.78. The number of primary sulfonamides is 1. The van der Waals surface area contributed by atoms with Crippen molar-refractivity contribution in [3.8, 4) is 0 Å². The quantitative estimate of drug-likeness (QED) is 0.600. The Kier molecular flexibility index (Phi) is 5.52. The predicted octanol–water partition coefficient (Wildman–Crippen LogP) is 2.02. The molecule has 0 atom stereocenters. The van der Waals surface area contributed by atoms with E-state index in [1.807, 2.05) is 12.2 Å². The molecule has 2 aromatic heterocycles. The third kappa shape index (κ3) is 4.50. The van der Waals surface area contributed by atoms with Crippen molar-refractivity contribution in [2.24, 2.45) is 5.14 Å². The molecule has 0 fully saturated rings. The third-order valence-corrected chi connectivity index (χ3v) is 5.03. The molecule has 9 heteroatoms. The van der Waals surface area contributed by atoms with Gasteiger partial charge in [0.1, 0.15) is 0 Å². The van der Waals surface area contributed by atoms with Crippen LogP contribution in [0.25, 0.3) is 17.4 Å². The molecule has 0 aliphatic heterocycles.